The average Bonchev–Trinajstić information content (AvgIpc) is 2.72. The molecule has 0 radical (unpaired) electrons. The van der Waals surface area contributed by atoms with E-state index in [1.165, 1.54) is 44.9 Å². The van der Waals surface area contributed by atoms with Crippen molar-refractivity contribution in [3.05, 3.63) is 11.6 Å². The first kappa shape index (κ1) is 13.4. The molecule has 3 rings (SSSR count). The molecule has 3 aliphatic rings. The summed E-state index contributed by atoms with van der Waals surface area (Å²) < 4.78 is 6.05. The van der Waals surface area contributed by atoms with Crippen molar-refractivity contribution in [1.29, 1.82) is 0 Å². The minimum absolute atomic E-state index is 0.0733. The van der Waals surface area contributed by atoms with E-state index in [9.17, 15) is 4.79 Å². The first-order chi connectivity index (χ1) is 9.29. The Kier molecular flexibility index (Phi) is 4.07. The van der Waals surface area contributed by atoms with Crippen LogP contribution in [0.5, 0.6) is 0 Å². The van der Waals surface area contributed by atoms with E-state index in [1.807, 2.05) is 0 Å². The molecule has 2 aliphatic carbocycles. The van der Waals surface area contributed by atoms with Crippen LogP contribution in [0.2, 0.25) is 0 Å². The summed E-state index contributed by atoms with van der Waals surface area (Å²) in [4.78, 5) is 12.7. The maximum absolute atomic E-state index is 12.7. The van der Waals surface area contributed by atoms with Crippen LogP contribution in [0.1, 0.15) is 70.6 Å². The maximum atomic E-state index is 12.7. The largest absolute Gasteiger partial charge is 0.375 e. The smallest absolute Gasteiger partial charge is 0.161 e. The number of hydrogen-bond acceptors (Lipinski definition) is 2. The number of ether oxygens (including phenoxy) is 1. The molecule has 19 heavy (non-hydrogen) atoms. The molecule has 1 spiro atoms. The zero-order valence-electron chi connectivity index (χ0n) is 12.0. The monoisotopic (exact) mass is 262 g/mol. The summed E-state index contributed by atoms with van der Waals surface area (Å²) in [6.07, 6.45) is 14.9. The third-order valence-corrected chi connectivity index (χ3v) is 5.24. The molecule has 0 aromatic carbocycles. The molecule has 1 unspecified atom stereocenters. The van der Waals surface area contributed by atoms with Crippen molar-refractivity contribution < 1.29 is 9.53 Å². The number of Topliss-reactive ketones (excluding diaryl/α,β-unsaturated/α-hetero) is 1. The fourth-order valence-electron chi connectivity index (χ4n) is 4.12. The van der Waals surface area contributed by atoms with Gasteiger partial charge in [0, 0.05) is 12.5 Å². The molecule has 1 aliphatic heterocycles. The molecule has 0 aromatic rings. The molecule has 2 fully saturated rings. The third-order valence-electron chi connectivity index (χ3n) is 5.24. The predicted molar refractivity (Wildman–Crippen MR) is 76.1 cm³/mol. The molecule has 0 N–H and O–H groups in total. The van der Waals surface area contributed by atoms with E-state index in [1.54, 1.807) is 0 Å². The lowest BCUT2D eigenvalue weighted by molar-refractivity contribution is -0.133. The zero-order valence-corrected chi connectivity index (χ0v) is 12.0. The van der Waals surface area contributed by atoms with E-state index >= 15 is 0 Å². The Balaban J connectivity index is 1.67. The van der Waals surface area contributed by atoms with E-state index < -0.39 is 0 Å². The second-order valence-electron chi connectivity index (χ2n) is 6.62. The van der Waals surface area contributed by atoms with E-state index in [4.69, 9.17) is 4.74 Å². The lowest BCUT2D eigenvalue weighted by Crippen LogP contribution is -2.40. The number of rotatable bonds is 2. The second kappa shape index (κ2) is 5.78. The van der Waals surface area contributed by atoms with Crippen LogP contribution in [0.4, 0.5) is 0 Å². The minimum Gasteiger partial charge on any atom is -0.375 e. The number of allylic oxidation sites excluding steroid dienone is 2. The summed E-state index contributed by atoms with van der Waals surface area (Å²) in [5.41, 5.74) is 1.21. The van der Waals surface area contributed by atoms with Gasteiger partial charge in [-0.15, -0.1) is 0 Å². The second-order valence-corrected chi connectivity index (χ2v) is 6.62. The van der Waals surface area contributed by atoms with E-state index in [0.29, 0.717) is 5.78 Å². The molecular formula is C17H26O2. The van der Waals surface area contributed by atoms with Crippen molar-refractivity contribution in [3.63, 3.8) is 0 Å². The summed E-state index contributed by atoms with van der Waals surface area (Å²) in [6, 6.07) is 0. The van der Waals surface area contributed by atoms with Gasteiger partial charge in [0.25, 0.3) is 0 Å². The number of carbonyl (C=O) groups is 1. The van der Waals surface area contributed by atoms with Gasteiger partial charge in [0.05, 0.1) is 5.60 Å². The molecule has 1 heterocycles. The summed E-state index contributed by atoms with van der Waals surface area (Å²) >= 11 is 0. The number of hydrogen-bond donors (Lipinski definition) is 0. The van der Waals surface area contributed by atoms with Crippen LogP contribution >= 0.6 is 0 Å². The molecule has 2 nitrogen and oxygen atoms in total. The van der Waals surface area contributed by atoms with Gasteiger partial charge in [0.15, 0.2) is 5.78 Å². The Morgan fingerprint density at radius 3 is 2.84 bits per heavy atom. The molecule has 1 saturated carbocycles. The van der Waals surface area contributed by atoms with Gasteiger partial charge in [0.2, 0.25) is 0 Å². The third kappa shape index (κ3) is 2.94. The van der Waals surface area contributed by atoms with E-state index in [2.05, 4.69) is 6.08 Å². The predicted octanol–water partition coefficient (Wildman–Crippen LogP) is 4.19. The van der Waals surface area contributed by atoms with Crippen molar-refractivity contribution in [3.8, 4) is 0 Å². The Hall–Kier alpha value is -0.630. The van der Waals surface area contributed by atoms with E-state index in [-0.39, 0.29) is 11.5 Å². The van der Waals surface area contributed by atoms with Gasteiger partial charge in [-0.1, -0.05) is 25.3 Å². The van der Waals surface area contributed by atoms with Crippen molar-refractivity contribution in [1.82, 2.24) is 0 Å². The number of ketones is 1. The van der Waals surface area contributed by atoms with Gasteiger partial charge < -0.3 is 4.74 Å². The van der Waals surface area contributed by atoms with Crippen molar-refractivity contribution in [2.24, 2.45) is 5.92 Å². The summed E-state index contributed by atoms with van der Waals surface area (Å²) in [5.74, 6) is 0.702. The van der Waals surface area contributed by atoms with Crippen LogP contribution in [-0.2, 0) is 9.53 Å². The summed E-state index contributed by atoms with van der Waals surface area (Å²) in [6.45, 7) is 0.795. The van der Waals surface area contributed by atoms with Crippen LogP contribution < -0.4 is 0 Å². The Bertz CT molecular complexity index is 363. The van der Waals surface area contributed by atoms with Gasteiger partial charge in [-0.2, -0.15) is 0 Å². The number of carbonyl (C=O) groups excluding carboxylic acids is 1. The summed E-state index contributed by atoms with van der Waals surface area (Å²) in [5, 5.41) is 0. The molecule has 0 bridgehead atoms. The Morgan fingerprint density at radius 2 is 2.00 bits per heavy atom. The van der Waals surface area contributed by atoms with Gasteiger partial charge in [-0.25, -0.2) is 0 Å². The van der Waals surface area contributed by atoms with E-state index in [0.717, 1.165) is 37.9 Å². The molecule has 106 valence electrons. The quantitative estimate of drug-likeness (QED) is 0.746. The minimum atomic E-state index is 0.0733. The highest BCUT2D eigenvalue weighted by atomic mass is 16.5. The van der Waals surface area contributed by atoms with Gasteiger partial charge >= 0.3 is 0 Å². The van der Waals surface area contributed by atoms with Crippen molar-refractivity contribution >= 4 is 5.78 Å². The van der Waals surface area contributed by atoms with Crippen LogP contribution in [0.25, 0.3) is 0 Å². The maximum Gasteiger partial charge on any atom is 0.161 e. The Morgan fingerprint density at radius 1 is 1.16 bits per heavy atom. The highest BCUT2D eigenvalue weighted by Crippen LogP contribution is 2.43. The lowest BCUT2D eigenvalue weighted by Gasteiger charge is -2.38. The van der Waals surface area contributed by atoms with Crippen LogP contribution in [0.15, 0.2) is 11.6 Å². The zero-order chi connectivity index (χ0) is 13.1. The summed E-state index contributed by atoms with van der Waals surface area (Å²) in [7, 11) is 0. The van der Waals surface area contributed by atoms with Gasteiger partial charge in [0.1, 0.15) is 0 Å². The first-order valence-electron chi connectivity index (χ1n) is 8.16. The van der Waals surface area contributed by atoms with Crippen LogP contribution in [0.3, 0.4) is 0 Å². The fourth-order valence-corrected chi connectivity index (χ4v) is 4.12. The highest BCUT2D eigenvalue weighted by molar-refractivity contribution is 5.97. The highest BCUT2D eigenvalue weighted by Gasteiger charge is 2.42. The normalized spacial score (nSPS) is 30.9. The fraction of sp³-hybridized carbons (Fsp3) is 0.824. The molecule has 2 heteroatoms. The Labute approximate surface area is 116 Å². The average molecular weight is 262 g/mol. The van der Waals surface area contributed by atoms with Crippen molar-refractivity contribution in [2.75, 3.05) is 6.61 Å². The van der Waals surface area contributed by atoms with Crippen LogP contribution in [-0.4, -0.2) is 18.0 Å². The topological polar surface area (TPSA) is 26.3 Å². The molecule has 1 saturated heterocycles. The van der Waals surface area contributed by atoms with Gasteiger partial charge in [-0.05, 0) is 56.9 Å². The molecule has 0 aromatic heterocycles. The first-order valence-corrected chi connectivity index (χ1v) is 8.16. The van der Waals surface area contributed by atoms with Gasteiger partial charge in [-0.3, -0.25) is 4.79 Å². The van der Waals surface area contributed by atoms with Crippen molar-refractivity contribution in [2.45, 2.75) is 76.2 Å². The molecular weight excluding hydrogens is 236 g/mol. The standard InChI is InChI=1S/C17H26O2/c18-16(14-7-3-1-2-4-8-14)15-9-12-19-17(13-15)10-5-6-11-17/h7,15H,1-6,8-13H2. The van der Waals surface area contributed by atoms with Crippen LogP contribution in [0, 0.1) is 5.92 Å². The molecule has 0 amide bonds. The lowest BCUT2D eigenvalue weighted by atomic mass is 9.80. The molecule has 1 atom stereocenters. The SMILES string of the molecule is O=C(C1=CCCCCC1)C1CCOC2(CCCC2)C1.